The molecular weight excluding hydrogens is 584 g/mol. The average molecular weight is 627 g/mol. The molecule has 7 heteroatoms. The molecule has 0 unspecified atom stereocenters. The molecule has 7 nitrogen and oxygen atoms in total. The third kappa shape index (κ3) is 8.57. The Bertz CT molecular complexity index is 1700. The van der Waals surface area contributed by atoms with Gasteiger partial charge in [-0.05, 0) is 58.4 Å². The van der Waals surface area contributed by atoms with E-state index in [0.717, 1.165) is 47.0 Å². The molecule has 4 aromatic carbocycles. The lowest BCUT2D eigenvalue weighted by atomic mass is 10.0. The molecule has 6 aromatic rings. The molecule has 0 fully saturated rings. The van der Waals surface area contributed by atoms with E-state index in [1.165, 1.54) is 22.3 Å². The smallest absolute Gasteiger partial charge is 0.163 e. The van der Waals surface area contributed by atoms with Crippen molar-refractivity contribution in [2.45, 2.75) is 65.8 Å². The van der Waals surface area contributed by atoms with Crippen LogP contribution in [0.5, 0.6) is 0 Å². The quantitative estimate of drug-likeness (QED) is 0.124. The number of hydrogen-bond donors (Lipinski definition) is 2. The number of nitrogens with one attached hydrogen (secondary N) is 2. The zero-order valence-electron chi connectivity index (χ0n) is 27.5. The van der Waals surface area contributed by atoms with Crippen molar-refractivity contribution in [2.24, 2.45) is 0 Å². The Morgan fingerprint density at radius 2 is 0.915 bits per heavy atom. The number of nitrogens with zero attached hydrogens (tertiary/aromatic N) is 2. The SMILES string of the molecule is CC(C)c1ccc(CNc2ccc(-c3cc(COCc4cc(-c5ccc(NCc6ccc(C(C)C)cc6)cc5)no4)on3)cc2)cc1. The number of anilines is 2. The molecule has 0 atom stereocenters. The predicted molar refractivity (Wildman–Crippen MR) is 188 cm³/mol. The van der Waals surface area contributed by atoms with Crippen molar-refractivity contribution in [3.63, 3.8) is 0 Å². The molecule has 0 spiro atoms. The van der Waals surface area contributed by atoms with Gasteiger partial charge in [-0.1, -0.05) is 111 Å². The molecule has 0 amide bonds. The van der Waals surface area contributed by atoms with Crippen molar-refractivity contribution >= 4 is 11.4 Å². The molecule has 0 aliphatic carbocycles. The summed E-state index contributed by atoms with van der Waals surface area (Å²) in [6.45, 7) is 10.9. The lowest BCUT2D eigenvalue weighted by molar-refractivity contribution is 0.0727. The summed E-state index contributed by atoms with van der Waals surface area (Å²) >= 11 is 0. The van der Waals surface area contributed by atoms with Gasteiger partial charge in [0.15, 0.2) is 11.5 Å². The van der Waals surface area contributed by atoms with Gasteiger partial charge in [0.25, 0.3) is 0 Å². The van der Waals surface area contributed by atoms with Crippen LogP contribution < -0.4 is 10.6 Å². The summed E-state index contributed by atoms with van der Waals surface area (Å²) in [7, 11) is 0. The summed E-state index contributed by atoms with van der Waals surface area (Å²) in [5, 5.41) is 15.4. The summed E-state index contributed by atoms with van der Waals surface area (Å²) in [6, 6.07) is 37.7. The Balaban J connectivity index is 0.943. The monoisotopic (exact) mass is 626 g/mol. The van der Waals surface area contributed by atoms with E-state index in [9.17, 15) is 0 Å². The van der Waals surface area contributed by atoms with Gasteiger partial charge in [0.1, 0.15) is 24.6 Å². The first kappa shape index (κ1) is 31.8. The summed E-state index contributed by atoms with van der Waals surface area (Å²) in [5.41, 5.74) is 10.8. The van der Waals surface area contributed by atoms with E-state index in [4.69, 9.17) is 13.8 Å². The van der Waals surface area contributed by atoms with Gasteiger partial charge < -0.3 is 24.4 Å². The van der Waals surface area contributed by atoms with E-state index in [-0.39, 0.29) is 13.2 Å². The van der Waals surface area contributed by atoms with Gasteiger partial charge in [-0.15, -0.1) is 0 Å². The van der Waals surface area contributed by atoms with Crippen molar-refractivity contribution in [3.05, 3.63) is 143 Å². The summed E-state index contributed by atoms with van der Waals surface area (Å²) < 4.78 is 16.9. The van der Waals surface area contributed by atoms with E-state index >= 15 is 0 Å². The highest BCUT2D eigenvalue weighted by molar-refractivity contribution is 5.63. The molecule has 2 N–H and O–H groups in total. The minimum atomic E-state index is 0.277. The number of rotatable bonds is 14. The van der Waals surface area contributed by atoms with Crippen LogP contribution in [0.15, 0.2) is 118 Å². The normalized spacial score (nSPS) is 11.4. The van der Waals surface area contributed by atoms with Crippen LogP contribution in [0.25, 0.3) is 22.5 Å². The lowest BCUT2D eigenvalue weighted by Gasteiger charge is -2.09. The molecular formula is C40H42N4O3. The molecule has 0 saturated carbocycles. The van der Waals surface area contributed by atoms with Gasteiger partial charge in [-0.25, -0.2) is 0 Å². The van der Waals surface area contributed by atoms with Crippen LogP contribution in [0.2, 0.25) is 0 Å². The topological polar surface area (TPSA) is 85.4 Å². The Morgan fingerprint density at radius 1 is 0.532 bits per heavy atom. The molecule has 240 valence electrons. The average Bonchev–Trinajstić information content (AvgIpc) is 3.78. The molecule has 0 bridgehead atoms. The highest BCUT2D eigenvalue weighted by Crippen LogP contribution is 2.25. The maximum atomic E-state index is 5.84. The largest absolute Gasteiger partial charge is 0.381 e. The Hall–Kier alpha value is -5.14. The first-order chi connectivity index (χ1) is 22.9. The summed E-state index contributed by atoms with van der Waals surface area (Å²) in [6.07, 6.45) is 0. The van der Waals surface area contributed by atoms with E-state index in [0.29, 0.717) is 23.4 Å². The van der Waals surface area contributed by atoms with Crippen molar-refractivity contribution in [1.29, 1.82) is 0 Å². The molecule has 6 rings (SSSR count). The predicted octanol–water partition coefficient (Wildman–Crippen LogP) is 10.2. The fraction of sp³-hybridized carbons (Fsp3) is 0.250. The molecule has 0 aliphatic heterocycles. The van der Waals surface area contributed by atoms with Crippen LogP contribution in [0.1, 0.15) is 73.3 Å². The first-order valence-electron chi connectivity index (χ1n) is 16.2. The number of hydrogen-bond acceptors (Lipinski definition) is 7. The number of aromatic nitrogens is 2. The van der Waals surface area contributed by atoms with Gasteiger partial charge >= 0.3 is 0 Å². The second-order valence-corrected chi connectivity index (χ2v) is 12.5. The third-order valence-electron chi connectivity index (χ3n) is 8.25. The zero-order valence-corrected chi connectivity index (χ0v) is 27.5. The Labute approximate surface area is 277 Å². The number of benzene rings is 4. The van der Waals surface area contributed by atoms with Crippen LogP contribution in [-0.4, -0.2) is 10.3 Å². The molecule has 47 heavy (non-hydrogen) atoms. The Kier molecular flexibility index (Phi) is 10.1. The maximum Gasteiger partial charge on any atom is 0.163 e. The van der Waals surface area contributed by atoms with Gasteiger partial charge in [0.05, 0.1) is 0 Å². The Morgan fingerprint density at radius 3 is 1.28 bits per heavy atom. The van der Waals surface area contributed by atoms with Gasteiger partial charge in [-0.3, -0.25) is 0 Å². The molecule has 0 radical (unpaired) electrons. The first-order valence-corrected chi connectivity index (χ1v) is 16.2. The number of ether oxygens (including phenoxy) is 1. The third-order valence-corrected chi connectivity index (χ3v) is 8.25. The second-order valence-electron chi connectivity index (χ2n) is 12.5. The molecule has 0 aliphatic rings. The highest BCUT2D eigenvalue weighted by Gasteiger charge is 2.11. The van der Waals surface area contributed by atoms with Gasteiger partial charge in [0, 0.05) is 47.7 Å². The van der Waals surface area contributed by atoms with Crippen LogP contribution in [0.3, 0.4) is 0 Å². The van der Waals surface area contributed by atoms with E-state index < -0.39 is 0 Å². The van der Waals surface area contributed by atoms with Crippen LogP contribution in [-0.2, 0) is 31.0 Å². The maximum absolute atomic E-state index is 5.84. The van der Waals surface area contributed by atoms with E-state index in [2.05, 4.69) is 121 Å². The minimum Gasteiger partial charge on any atom is -0.381 e. The lowest BCUT2D eigenvalue weighted by Crippen LogP contribution is -1.99. The fourth-order valence-electron chi connectivity index (χ4n) is 5.25. The summed E-state index contributed by atoms with van der Waals surface area (Å²) in [4.78, 5) is 0. The van der Waals surface area contributed by atoms with Gasteiger partial charge in [-0.2, -0.15) is 0 Å². The molecule has 0 saturated heterocycles. The fourth-order valence-corrected chi connectivity index (χ4v) is 5.25. The van der Waals surface area contributed by atoms with Crippen molar-refractivity contribution < 1.29 is 13.8 Å². The van der Waals surface area contributed by atoms with Crippen LogP contribution >= 0.6 is 0 Å². The van der Waals surface area contributed by atoms with Crippen molar-refractivity contribution in [1.82, 2.24) is 10.3 Å². The zero-order chi connectivity index (χ0) is 32.6. The molecule has 2 heterocycles. The molecule has 2 aromatic heterocycles. The van der Waals surface area contributed by atoms with Gasteiger partial charge in [0.2, 0.25) is 0 Å². The van der Waals surface area contributed by atoms with Crippen LogP contribution in [0.4, 0.5) is 11.4 Å². The second kappa shape index (κ2) is 15.0. The minimum absolute atomic E-state index is 0.277. The summed E-state index contributed by atoms with van der Waals surface area (Å²) in [5.74, 6) is 2.37. The van der Waals surface area contributed by atoms with E-state index in [1.54, 1.807) is 0 Å². The van der Waals surface area contributed by atoms with Crippen LogP contribution in [0, 0.1) is 0 Å². The van der Waals surface area contributed by atoms with E-state index in [1.807, 2.05) is 36.4 Å². The standard InChI is InChI=1S/C40H42N4O3/c1-27(2)31-9-5-29(6-10-31)23-41-35-17-13-33(14-18-35)39-21-37(46-43-39)25-45-26-38-22-40(44-47-38)34-15-19-36(20-16-34)42-24-30-7-11-32(12-8-30)28(3)4/h5-22,27-28,41-42H,23-26H2,1-4H3. The highest BCUT2D eigenvalue weighted by atomic mass is 16.5. The van der Waals surface area contributed by atoms with Crippen molar-refractivity contribution in [2.75, 3.05) is 10.6 Å². The van der Waals surface area contributed by atoms with Crippen molar-refractivity contribution in [3.8, 4) is 22.5 Å².